The van der Waals surface area contributed by atoms with Gasteiger partial charge in [0.2, 0.25) is 5.13 Å². The number of nitrogens with two attached hydrogens (primary N) is 1. The van der Waals surface area contributed by atoms with E-state index in [1.54, 1.807) is 0 Å². The van der Waals surface area contributed by atoms with Crippen molar-refractivity contribution in [2.75, 3.05) is 17.6 Å². The van der Waals surface area contributed by atoms with Crippen LogP contribution in [0.3, 0.4) is 0 Å². The first kappa shape index (κ1) is 21.0. The number of carbonyl (C=O) groups is 1. The molecule has 0 saturated carbocycles. The van der Waals surface area contributed by atoms with Gasteiger partial charge in [-0.2, -0.15) is 13.2 Å². The van der Waals surface area contributed by atoms with Crippen LogP contribution in [-0.2, 0) is 14.1 Å². The molecule has 14 heteroatoms. The summed E-state index contributed by atoms with van der Waals surface area (Å²) in [5.41, 5.74) is 3.92. The van der Waals surface area contributed by atoms with Crippen molar-refractivity contribution >= 4 is 39.8 Å². The van der Waals surface area contributed by atoms with Crippen molar-refractivity contribution in [3.8, 4) is 0 Å². The van der Waals surface area contributed by atoms with Crippen LogP contribution in [0.25, 0.3) is 0 Å². The van der Waals surface area contributed by atoms with E-state index < -0.39 is 35.0 Å². The fourth-order valence-corrected chi connectivity index (χ4v) is 3.95. The smallest absolute Gasteiger partial charge is 0.384 e. The molecule has 148 valence electrons. The summed E-state index contributed by atoms with van der Waals surface area (Å²) in [5.74, 6) is -0.890. The summed E-state index contributed by atoms with van der Waals surface area (Å²) in [7, 11) is 2.55. The lowest BCUT2D eigenvalue weighted by Gasteiger charge is -2.13. The Hall–Kier alpha value is -2.35. The summed E-state index contributed by atoms with van der Waals surface area (Å²) in [6.45, 7) is 0.229. The fourth-order valence-electron chi connectivity index (χ4n) is 2.00. The number of rotatable bonds is 6. The number of hydrogen-bond donors (Lipinski definition) is 2. The molecule has 0 spiro atoms. The minimum absolute atomic E-state index is 0.0491. The highest BCUT2D eigenvalue weighted by Crippen LogP contribution is 2.31. The van der Waals surface area contributed by atoms with Crippen molar-refractivity contribution in [3.05, 3.63) is 26.4 Å². The fraction of sp³-hybridized carbons (Fsp3) is 0.462. The van der Waals surface area contributed by atoms with E-state index in [1.807, 2.05) is 0 Å². The molecule has 0 radical (unpaired) electrons. The van der Waals surface area contributed by atoms with Gasteiger partial charge >= 0.3 is 11.9 Å². The van der Waals surface area contributed by atoms with Crippen molar-refractivity contribution in [1.82, 2.24) is 19.3 Å². The summed E-state index contributed by atoms with van der Waals surface area (Å²) < 4.78 is 38.6. The third-order valence-corrected chi connectivity index (χ3v) is 5.51. The van der Waals surface area contributed by atoms with Crippen molar-refractivity contribution in [1.29, 1.82) is 0 Å². The molecule has 1 unspecified atom stereocenters. The molecule has 0 amide bonds. The highest BCUT2D eigenvalue weighted by Gasteiger charge is 2.28. The van der Waals surface area contributed by atoms with Crippen molar-refractivity contribution in [2.45, 2.75) is 22.7 Å². The van der Waals surface area contributed by atoms with Gasteiger partial charge < -0.3 is 11.1 Å². The molecule has 2 rings (SSSR count). The Morgan fingerprint density at radius 2 is 1.93 bits per heavy atom. The zero-order chi connectivity index (χ0) is 20.5. The molecule has 0 saturated heterocycles. The lowest BCUT2D eigenvalue weighted by Crippen LogP contribution is -2.42. The second-order valence-electron chi connectivity index (χ2n) is 5.43. The second kappa shape index (κ2) is 7.72. The molecule has 2 aromatic rings. The number of alkyl halides is 3. The Morgan fingerprint density at radius 1 is 1.30 bits per heavy atom. The topological polar surface area (TPSA) is 125 Å². The first-order valence-corrected chi connectivity index (χ1v) is 9.02. The number of nitrogens with zero attached hydrogens (tertiary/aromatic N) is 4. The van der Waals surface area contributed by atoms with Crippen LogP contribution in [0.2, 0.25) is 0 Å². The van der Waals surface area contributed by atoms with Gasteiger partial charge in [0.25, 0.3) is 5.56 Å². The van der Waals surface area contributed by atoms with Crippen LogP contribution >= 0.6 is 23.1 Å². The Labute approximate surface area is 158 Å². The van der Waals surface area contributed by atoms with Gasteiger partial charge in [-0.15, -0.1) is 10.2 Å². The van der Waals surface area contributed by atoms with E-state index in [1.165, 1.54) is 21.0 Å². The van der Waals surface area contributed by atoms with Gasteiger partial charge in [0, 0.05) is 14.1 Å². The first-order valence-electron chi connectivity index (χ1n) is 7.33. The average Bonchev–Trinajstić information content (AvgIpc) is 3.03. The van der Waals surface area contributed by atoms with Gasteiger partial charge in [-0.3, -0.25) is 18.7 Å². The number of ketones is 1. The standard InChI is InChI=1S/C13H15F3N6O3S2/c1-5(26-11-20-19-10(27-11)18-4-13(14,15)16)7(23)6-8(17)21(2)12(25)22(3)9(6)24/h5H,4,17H2,1-3H3,(H,18,19). The van der Waals surface area contributed by atoms with Crippen LogP contribution in [0.4, 0.5) is 24.1 Å². The molecular formula is C13H15F3N6O3S2. The number of carbonyl (C=O) groups excluding carboxylic acids is 1. The van der Waals surface area contributed by atoms with Gasteiger partial charge in [0.05, 0.1) is 5.25 Å². The minimum atomic E-state index is -4.40. The van der Waals surface area contributed by atoms with Crippen LogP contribution in [0.1, 0.15) is 17.3 Å². The van der Waals surface area contributed by atoms with Crippen LogP contribution < -0.4 is 22.3 Å². The molecular weight excluding hydrogens is 409 g/mol. The SMILES string of the molecule is CC(Sc1nnc(NCC(F)(F)F)s1)C(=O)c1c(N)n(C)c(=O)n(C)c1=O. The lowest BCUT2D eigenvalue weighted by atomic mass is 10.1. The van der Waals surface area contributed by atoms with E-state index in [2.05, 4.69) is 15.5 Å². The van der Waals surface area contributed by atoms with Crippen LogP contribution in [0.5, 0.6) is 0 Å². The minimum Gasteiger partial charge on any atom is -0.384 e. The Morgan fingerprint density at radius 3 is 2.52 bits per heavy atom. The molecule has 2 aromatic heterocycles. The van der Waals surface area contributed by atoms with E-state index in [4.69, 9.17) is 5.73 Å². The van der Waals surface area contributed by atoms with E-state index >= 15 is 0 Å². The zero-order valence-electron chi connectivity index (χ0n) is 14.3. The maximum Gasteiger partial charge on any atom is 0.405 e. The molecule has 1 atom stereocenters. The summed E-state index contributed by atoms with van der Waals surface area (Å²) in [5, 5.41) is 8.48. The van der Waals surface area contributed by atoms with Crippen molar-refractivity contribution in [3.63, 3.8) is 0 Å². The van der Waals surface area contributed by atoms with Gasteiger partial charge in [-0.25, -0.2) is 4.79 Å². The third-order valence-electron chi connectivity index (χ3n) is 3.45. The number of nitrogens with one attached hydrogen (secondary N) is 1. The summed E-state index contributed by atoms with van der Waals surface area (Å²) >= 11 is 1.76. The monoisotopic (exact) mass is 424 g/mol. The Bertz CT molecular complexity index is 981. The molecule has 0 aliphatic carbocycles. The number of anilines is 2. The number of thioether (sulfide) groups is 1. The Kier molecular flexibility index (Phi) is 5.99. The molecule has 27 heavy (non-hydrogen) atoms. The predicted molar refractivity (Wildman–Crippen MR) is 95.4 cm³/mol. The van der Waals surface area contributed by atoms with Crippen LogP contribution in [0.15, 0.2) is 13.9 Å². The highest BCUT2D eigenvalue weighted by atomic mass is 32.2. The molecule has 3 N–H and O–H groups in total. The summed E-state index contributed by atoms with van der Waals surface area (Å²) in [6.07, 6.45) is -4.40. The third kappa shape index (κ3) is 4.68. The average molecular weight is 424 g/mol. The van der Waals surface area contributed by atoms with Gasteiger partial charge in [-0.1, -0.05) is 23.1 Å². The van der Waals surface area contributed by atoms with Gasteiger partial charge in [-0.05, 0) is 6.92 Å². The van der Waals surface area contributed by atoms with Crippen molar-refractivity contribution in [2.24, 2.45) is 14.1 Å². The second-order valence-corrected chi connectivity index (χ2v) is 8.00. The lowest BCUT2D eigenvalue weighted by molar-refractivity contribution is -0.115. The predicted octanol–water partition coefficient (Wildman–Crippen LogP) is 0.855. The Balaban J connectivity index is 2.19. The molecule has 0 aliphatic rings. The van der Waals surface area contributed by atoms with E-state index in [0.29, 0.717) is 0 Å². The molecule has 0 aromatic carbocycles. The molecule has 9 nitrogen and oxygen atoms in total. The largest absolute Gasteiger partial charge is 0.405 e. The van der Waals surface area contributed by atoms with Crippen LogP contribution in [-0.4, -0.2) is 43.1 Å². The molecule has 0 bridgehead atoms. The summed E-state index contributed by atoms with van der Waals surface area (Å²) in [6, 6.07) is 0. The quantitative estimate of drug-likeness (QED) is 0.517. The number of Topliss-reactive ketones (excluding diaryl/α,β-unsaturated/α-hetero) is 1. The number of aromatic nitrogens is 4. The maximum atomic E-state index is 12.6. The highest BCUT2D eigenvalue weighted by molar-refractivity contribution is 8.02. The van der Waals surface area contributed by atoms with Gasteiger partial charge in [0.1, 0.15) is 17.9 Å². The number of halogens is 3. The molecule has 2 heterocycles. The first-order chi connectivity index (χ1) is 12.4. The molecule has 0 aliphatic heterocycles. The number of hydrogen-bond acceptors (Lipinski definition) is 9. The molecule has 0 fully saturated rings. The number of nitrogen functional groups attached to an aromatic ring is 1. The van der Waals surface area contributed by atoms with Gasteiger partial charge in [0.15, 0.2) is 10.1 Å². The van der Waals surface area contributed by atoms with E-state index in [-0.39, 0.29) is 20.9 Å². The summed E-state index contributed by atoms with van der Waals surface area (Å²) in [4.78, 5) is 36.7. The van der Waals surface area contributed by atoms with E-state index in [9.17, 15) is 27.6 Å². The van der Waals surface area contributed by atoms with Crippen LogP contribution in [0, 0.1) is 0 Å². The zero-order valence-corrected chi connectivity index (χ0v) is 16.0. The van der Waals surface area contributed by atoms with E-state index in [0.717, 1.165) is 32.2 Å². The maximum absolute atomic E-state index is 12.6. The normalized spacial score (nSPS) is 12.8. The van der Waals surface area contributed by atoms with Crippen molar-refractivity contribution < 1.29 is 18.0 Å².